The van der Waals surface area contributed by atoms with E-state index in [0.717, 1.165) is 43.9 Å². The second-order valence-corrected chi connectivity index (χ2v) is 17.9. The van der Waals surface area contributed by atoms with Crippen molar-refractivity contribution in [3.05, 3.63) is 193 Å². The van der Waals surface area contributed by atoms with Gasteiger partial charge in [0.25, 0.3) is 0 Å². The van der Waals surface area contributed by atoms with Crippen molar-refractivity contribution in [3.63, 3.8) is 0 Å². The summed E-state index contributed by atoms with van der Waals surface area (Å²) < 4.78 is 15.3. The van der Waals surface area contributed by atoms with E-state index in [1.165, 1.54) is 86.9 Å². The second-order valence-electron chi connectivity index (χ2n) is 16.8. The first-order chi connectivity index (χ1) is 29.4. The second kappa shape index (κ2) is 12.4. The molecule has 0 N–H and O–H groups in total. The average Bonchev–Trinajstić information content (AvgIpc) is 4.03. The Labute approximate surface area is 350 Å². The molecule has 60 heavy (non-hydrogen) atoms. The van der Waals surface area contributed by atoms with Crippen LogP contribution in [0.5, 0.6) is 0 Å². The maximum Gasteiger partial charge on any atom is 0.135 e. The number of thiophene rings is 1. The number of hydrogen-bond donors (Lipinski definition) is 0. The lowest BCUT2D eigenvalue weighted by Crippen LogP contribution is -2.15. The summed E-state index contributed by atoms with van der Waals surface area (Å²) in [7, 11) is 0. The van der Waals surface area contributed by atoms with Gasteiger partial charge in [0.15, 0.2) is 0 Å². The van der Waals surface area contributed by atoms with Gasteiger partial charge in [0.2, 0.25) is 0 Å². The lowest BCUT2D eigenvalue weighted by molar-refractivity contribution is 0.667. The van der Waals surface area contributed by atoms with E-state index in [0.29, 0.717) is 0 Å². The molecule has 282 valence electrons. The van der Waals surface area contributed by atoms with Gasteiger partial charge in [-0.3, -0.25) is 0 Å². The Kier molecular flexibility index (Phi) is 6.98. The number of fused-ring (bicyclic) bond motifs is 13. The maximum absolute atomic E-state index is 6.33. The highest BCUT2D eigenvalue weighted by atomic mass is 32.1. The summed E-state index contributed by atoms with van der Waals surface area (Å²) in [5.74, 6) is 0. The first-order valence-corrected chi connectivity index (χ1v) is 21.5. The highest BCUT2D eigenvalue weighted by Gasteiger charge is 2.38. The van der Waals surface area contributed by atoms with Crippen molar-refractivity contribution < 1.29 is 8.83 Å². The molecule has 0 fully saturated rings. The molecule has 0 aliphatic heterocycles. The van der Waals surface area contributed by atoms with Gasteiger partial charge in [-0.2, -0.15) is 0 Å². The van der Waals surface area contributed by atoms with Crippen molar-refractivity contribution in [2.24, 2.45) is 0 Å². The summed E-state index contributed by atoms with van der Waals surface area (Å²) in [4.78, 5) is 0. The Morgan fingerprint density at radius 1 is 0.350 bits per heavy atom. The van der Waals surface area contributed by atoms with E-state index in [-0.39, 0.29) is 5.41 Å². The quantitative estimate of drug-likeness (QED) is 0.178. The largest absolute Gasteiger partial charge is 0.456 e. The van der Waals surface area contributed by atoms with Gasteiger partial charge in [-0.1, -0.05) is 129 Å². The molecule has 0 saturated carbocycles. The lowest BCUT2D eigenvalue weighted by Gasteiger charge is -2.22. The predicted molar refractivity (Wildman–Crippen MR) is 253 cm³/mol. The topological polar surface area (TPSA) is 26.3 Å². The van der Waals surface area contributed by atoms with Crippen LogP contribution in [0.4, 0.5) is 0 Å². The summed E-state index contributed by atoms with van der Waals surface area (Å²) in [6, 6.07) is 66.2. The Bertz CT molecular complexity index is 3730. The molecule has 0 bridgehead atoms. The molecule has 0 unspecified atom stereocenters. The number of benzene rings is 9. The van der Waals surface area contributed by atoms with Gasteiger partial charge in [0.05, 0.1) is 0 Å². The molecule has 1 aliphatic carbocycles. The number of hydrogen-bond acceptors (Lipinski definition) is 3. The summed E-state index contributed by atoms with van der Waals surface area (Å²) in [5.41, 5.74) is 18.6. The molecule has 0 radical (unpaired) electrons. The van der Waals surface area contributed by atoms with Crippen molar-refractivity contribution in [1.29, 1.82) is 0 Å². The molecule has 0 atom stereocenters. The zero-order valence-corrected chi connectivity index (χ0v) is 33.9. The Balaban J connectivity index is 0.881. The number of furan rings is 2. The molecule has 13 rings (SSSR count). The normalized spacial score (nSPS) is 13.3. The van der Waals surface area contributed by atoms with E-state index in [1.54, 1.807) is 0 Å². The van der Waals surface area contributed by atoms with E-state index in [1.807, 2.05) is 11.3 Å². The van der Waals surface area contributed by atoms with Crippen LogP contribution in [0.25, 0.3) is 120 Å². The van der Waals surface area contributed by atoms with Crippen LogP contribution in [0.15, 0.2) is 191 Å². The first-order valence-electron chi connectivity index (χ1n) is 20.6. The van der Waals surface area contributed by atoms with Gasteiger partial charge in [0.1, 0.15) is 22.3 Å². The molecule has 3 aromatic heterocycles. The third kappa shape index (κ3) is 4.93. The fraction of sp³-hybridized carbons (Fsp3) is 0.0526. The van der Waals surface area contributed by atoms with Crippen molar-refractivity contribution in [2.45, 2.75) is 19.3 Å². The van der Waals surface area contributed by atoms with Crippen molar-refractivity contribution >= 4 is 75.4 Å². The van der Waals surface area contributed by atoms with Crippen LogP contribution < -0.4 is 0 Å². The van der Waals surface area contributed by atoms with Gasteiger partial charge in [-0.25, -0.2) is 0 Å². The minimum Gasteiger partial charge on any atom is -0.456 e. The van der Waals surface area contributed by atoms with E-state index < -0.39 is 0 Å². The molecule has 1 aliphatic rings. The highest BCUT2D eigenvalue weighted by Crippen LogP contribution is 2.55. The first kappa shape index (κ1) is 33.7. The van der Waals surface area contributed by atoms with Crippen molar-refractivity contribution in [1.82, 2.24) is 0 Å². The molecule has 0 spiro atoms. The molecule has 12 aromatic rings. The summed E-state index contributed by atoms with van der Waals surface area (Å²) in [5, 5.41) is 7.20. The van der Waals surface area contributed by atoms with Crippen LogP contribution in [-0.2, 0) is 5.41 Å². The molecular formula is C57H36O2S. The van der Waals surface area contributed by atoms with Crippen molar-refractivity contribution in [2.75, 3.05) is 0 Å². The molecule has 0 amide bonds. The van der Waals surface area contributed by atoms with Crippen LogP contribution in [0.2, 0.25) is 0 Å². The van der Waals surface area contributed by atoms with Crippen LogP contribution in [0, 0.1) is 0 Å². The average molecular weight is 785 g/mol. The van der Waals surface area contributed by atoms with E-state index >= 15 is 0 Å². The molecule has 0 saturated heterocycles. The zero-order valence-electron chi connectivity index (χ0n) is 33.0. The predicted octanol–water partition coefficient (Wildman–Crippen LogP) is 16.8. The molecule has 3 heterocycles. The van der Waals surface area contributed by atoms with E-state index in [2.05, 4.69) is 196 Å². The van der Waals surface area contributed by atoms with Crippen LogP contribution >= 0.6 is 11.3 Å². The van der Waals surface area contributed by atoms with Gasteiger partial charge < -0.3 is 8.83 Å². The zero-order chi connectivity index (χ0) is 39.7. The molecule has 3 heteroatoms. The fourth-order valence-corrected chi connectivity index (χ4v) is 11.4. The van der Waals surface area contributed by atoms with Gasteiger partial charge in [0, 0.05) is 47.1 Å². The van der Waals surface area contributed by atoms with Gasteiger partial charge in [-0.15, -0.1) is 11.3 Å². The van der Waals surface area contributed by atoms with Crippen LogP contribution in [-0.4, -0.2) is 0 Å². The smallest absolute Gasteiger partial charge is 0.135 e. The van der Waals surface area contributed by atoms with Crippen LogP contribution in [0.1, 0.15) is 25.0 Å². The van der Waals surface area contributed by atoms with E-state index in [9.17, 15) is 0 Å². The van der Waals surface area contributed by atoms with E-state index in [4.69, 9.17) is 8.83 Å². The minimum atomic E-state index is -0.174. The summed E-state index contributed by atoms with van der Waals surface area (Å²) in [6.45, 7) is 4.81. The Hall–Kier alpha value is -7.20. The summed E-state index contributed by atoms with van der Waals surface area (Å²) in [6.07, 6.45) is 0. The standard InChI is InChI=1S/C57H36O2S/c1-57(2)49-32-40(38-17-25-53-47(30-38)45-28-36(15-23-51(45)59-53)34-11-7-4-8-12-34)13-19-41(49)42-20-21-43-48-31-39(18-26-54(48)60-56(43)55(42)57)37-16-24-52-46(29-37)44-27-35(14-22-50(44)58-52)33-9-5-3-6-10-33/h3-32H,1-2H3. The highest BCUT2D eigenvalue weighted by molar-refractivity contribution is 7.26. The molecule has 9 aromatic carbocycles. The number of rotatable bonds is 4. The lowest BCUT2D eigenvalue weighted by atomic mass is 9.81. The third-order valence-electron chi connectivity index (χ3n) is 13.1. The fourth-order valence-electron chi connectivity index (χ4n) is 10.0. The maximum atomic E-state index is 6.33. The van der Waals surface area contributed by atoms with Gasteiger partial charge >= 0.3 is 0 Å². The molecule has 2 nitrogen and oxygen atoms in total. The SMILES string of the molecule is CC1(C)c2cc(-c3ccc4oc5ccc(-c6ccccc6)cc5c4c3)ccc2-c2ccc3c(sc4ccc(-c5ccc6oc7ccc(-c8ccccc8)cc7c6c5)cc43)c21. The summed E-state index contributed by atoms with van der Waals surface area (Å²) >= 11 is 1.93. The third-order valence-corrected chi connectivity index (χ3v) is 14.3. The van der Waals surface area contributed by atoms with Crippen LogP contribution in [0.3, 0.4) is 0 Å². The Morgan fingerprint density at radius 2 is 0.767 bits per heavy atom. The molecular weight excluding hydrogens is 749 g/mol. The monoisotopic (exact) mass is 784 g/mol. The van der Waals surface area contributed by atoms with Crippen molar-refractivity contribution in [3.8, 4) is 55.6 Å². The minimum absolute atomic E-state index is 0.174. The van der Waals surface area contributed by atoms with Gasteiger partial charge in [-0.05, 0) is 133 Å². The Morgan fingerprint density at radius 3 is 1.28 bits per heavy atom.